The number of alkyl halides is 3. The predicted molar refractivity (Wildman–Crippen MR) is 121 cm³/mol. The van der Waals surface area contributed by atoms with Crippen LogP contribution in [-0.2, 0) is 11.0 Å². The Morgan fingerprint density at radius 2 is 1.39 bits per heavy atom. The average Bonchev–Trinajstić information content (AvgIpc) is 3.05. The van der Waals surface area contributed by atoms with E-state index in [-0.39, 0.29) is 25.9 Å². The molecule has 2 heterocycles. The number of halogens is 3. The molecule has 0 aliphatic carbocycles. The fourth-order valence-corrected chi connectivity index (χ4v) is 5.09. The number of benzene rings is 3. The summed E-state index contributed by atoms with van der Waals surface area (Å²) in [6, 6.07) is 14.7. The summed E-state index contributed by atoms with van der Waals surface area (Å²) in [4.78, 5) is 39.5. The number of carbonyl (C=O) groups excluding carboxylic acids is 3. The van der Waals surface area contributed by atoms with Crippen molar-refractivity contribution in [1.82, 2.24) is 10.0 Å². The van der Waals surface area contributed by atoms with E-state index in [1.54, 1.807) is 36.4 Å². The van der Waals surface area contributed by atoms with Gasteiger partial charge < -0.3 is 0 Å². The van der Waals surface area contributed by atoms with E-state index in [9.17, 15) is 27.6 Å². The zero-order valence-corrected chi connectivity index (χ0v) is 18.1. The molecule has 3 amide bonds. The van der Waals surface area contributed by atoms with E-state index in [4.69, 9.17) is 12.2 Å². The summed E-state index contributed by atoms with van der Waals surface area (Å²) in [5.74, 6) is -2.33. The van der Waals surface area contributed by atoms with E-state index in [1.807, 2.05) is 0 Å². The van der Waals surface area contributed by atoms with Crippen LogP contribution < -0.4 is 0 Å². The molecule has 0 atom stereocenters. The first kappa shape index (κ1) is 21.4. The molecule has 5 rings (SSSR count). The molecule has 1 fully saturated rings. The lowest BCUT2D eigenvalue weighted by atomic mass is 9.95. The lowest BCUT2D eigenvalue weighted by molar-refractivity contribution is -0.137. The quantitative estimate of drug-likeness (QED) is 0.282. The van der Waals surface area contributed by atoms with Gasteiger partial charge in [0.05, 0.1) is 21.6 Å². The maximum Gasteiger partial charge on any atom is 0.416 e. The smallest absolute Gasteiger partial charge is 0.267 e. The lowest BCUT2D eigenvalue weighted by Crippen LogP contribution is -2.53. The van der Waals surface area contributed by atoms with Gasteiger partial charge in [-0.1, -0.05) is 54.2 Å². The summed E-state index contributed by atoms with van der Waals surface area (Å²) < 4.78 is 39.9. The molecule has 33 heavy (non-hydrogen) atoms. The summed E-state index contributed by atoms with van der Waals surface area (Å²) in [7, 11) is 0. The Morgan fingerprint density at radius 3 is 2.00 bits per heavy atom. The Morgan fingerprint density at radius 1 is 0.788 bits per heavy atom. The van der Waals surface area contributed by atoms with Crippen molar-refractivity contribution in [1.29, 1.82) is 0 Å². The summed E-state index contributed by atoms with van der Waals surface area (Å²) in [5, 5.41) is 2.58. The molecule has 0 N–H and O–H groups in total. The van der Waals surface area contributed by atoms with Gasteiger partial charge in [-0.05, 0) is 47.4 Å². The standard InChI is InChI=1S/C23H11F3N2O3S2/c24-23(25,26)16-10-2-1-5-13(16)11-17-21(31)28(22(32)33-17)27-19(29)14-8-3-6-12-7-4-9-15(18(12)14)20(27)30/h1-11H/b17-11+. The molecule has 3 aromatic carbocycles. The molecule has 5 nitrogen and oxygen atoms in total. The van der Waals surface area contributed by atoms with Gasteiger partial charge in [-0.3, -0.25) is 14.4 Å². The Hall–Kier alpha value is -3.50. The van der Waals surface area contributed by atoms with E-state index in [2.05, 4.69) is 0 Å². The van der Waals surface area contributed by atoms with Gasteiger partial charge in [0.2, 0.25) is 0 Å². The van der Waals surface area contributed by atoms with Crippen LogP contribution in [0.15, 0.2) is 65.6 Å². The first-order valence-corrected chi connectivity index (χ1v) is 10.8. The van der Waals surface area contributed by atoms with Crippen molar-refractivity contribution < 1.29 is 27.6 Å². The van der Waals surface area contributed by atoms with Crippen LogP contribution in [0.4, 0.5) is 13.2 Å². The molecule has 3 aromatic rings. The number of amides is 3. The molecule has 0 unspecified atom stereocenters. The van der Waals surface area contributed by atoms with Crippen LogP contribution >= 0.6 is 24.0 Å². The molecule has 1 saturated heterocycles. The lowest BCUT2D eigenvalue weighted by Gasteiger charge is -2.32. The Kier molecular flexibility index (Phi) is 4.87. The van der Waals surface area contributed by atoms with E-state index in [0.717, 1.165) is 28.9 Å². The van der Waals surface area contributed by atoms with Crippen LogP contribution in [0, 0.1) is 0 Å². The molecular weight excluding hydrogens is 473 g/mol. The largest absolute Gasteiger partial charge is 0.416 e. The molecule has 0 aromatic heterocycles. The highest BCUT2D eigenvalue weighted by Gasteiger charge is 2.45. The molecular formula is C23H11F3N2O3S2. The van der Waals surface area contributed by atoms with E-state index >= 15 is 0 Å². The van der Waals surface area contributed by atoms with Crippen molar-refractivity contribution in [2.45, 2.75) is 6.18 Å². The zero-order valence-electron chi connectivity index (χ0n) is 16.4. The topological polar surface area (TPSA) is 57.7 Å². The van der Waals surface area contributed by atoms with Crippen molar-refractivity contribution in [3.05, 3.63) is 87.8 Å². The number of hydrazine groups is 1. The predicted octanol–water partition coefficient (Wildman–Crippen LogP) is 5.27. The first-order valence-electron chi connectivity index (χ1n) is 9.53. The van der Waals surface area contributed by atoms with Crippen LogP contribution in [0.2, 0.25) is 0 Å². The minimum atomic E-state index is -4.62. The van der Waals surface area contributed by atoms with Crippen molar-refractivity contribution in [2.24, 2.45) is 0 Å². The number of hydrogen-bond donors (Lipinski definition) is 0. The Bertz CT molecular complexity index is 1380. The van der Waals surface area contributed by atoms with Crippen molar-refractivity contribution in [2.75, 3.05) is 0 Å². The summed E-state index contributed by atoms with van der Waals surface area (Å²) in [6.45, 7) is 0. The summed E-state index contributed by atoms with van der Waals surface area (Å²) in [6.07, 6.45) is -3.56. The number of carbonyl (C=O) groups is 3. The van der Waals surface area contributed by atoms with Gasteiger partial charge in [0, 0.05) is 5.39 Å². The Balaban J connectivity index is 1.57. The van der Waals surface area contributed by atoms with E-state index in [0.29, 0.717) is 15.8 Å². The number of imide groups is 1. The van der Waals surface area contributed by atoms with Crippen molar-refractivity contribution in [3.8, 4) is 0 Å². The minimum absolute atomic E-state index is 0.130. The third-order valence-electron chi connectivity index (χ3n) is 5.28. The van der Waals surface area contributed by atoms with Crippen LogP contribution in [0.25, 0.3) is 16.8 Å². The van der Waals surface area contributed by atoms with Gasteiger partial charge in [0.1, 0.15) is 0 Å². The molecule has 164 valence electrons. The van der Waals surface area contributed by atoms with Gasteiger partial charge in [-0.15, -0.1) is 0 Å². The molecule has 0 spiro atoms. The zero-order chi connectivity index (χ0) is 23.5. The molecule has 2 aliphatic rings. The van der Waals surface area contributed by atoms with E-state index < -0.39 is 29.5 Å². The maximum atomic E-state index is 13.4. The Labute approximate surface area is 194 Å². The van der Waals surface area contributed by atoms with Gasteiger partial charge >= 0.3 is 6.18 Å². The highest BCUT2D eigenvalue weighted by molar-refractivity contribution is 8.26. The number of thiocarbonyl (C=S) groups is 1. The molecule has 0 bridgehead atoms. The van der Waals surface area contributed by atoms with Gasteiger partial charge in [0.15, 0.2) is 4.32 Å². The normalized spacial score (nSPS) is 17.6. The van der Waals surface area contributed by atoms with Crippen molar-refractivity contribution in [3.63, 3.8) is 0 Å². The van der Waals surface area contributed by atoms with Crippen LogP contribution in [0.5, 0.6) is 0 Å². The summed E-state index contributed by atoms with van der Waals surface area (Å²) >= 11 is 5.97. The SMILES string of the molecule is O=C1/C(=C\c2ccccc2C(F)(F)F)SC(=S)N1N1C(=O)c2cccc3cccc(c23)C1=O. The summed E-state index contributed by atoms with van der Waals surface area (Å²) in [5.41, 5.74) is -0.691. The first-order chi connectivity index (χ1) is 15.7. The van der Waals surface area contributed by atoms with Gasteiger partial charge in [-0.2, -0.15) is 23.2 Å². The van der Waals surface area contributed by atoms with Crippen LogP contribution in [-0.4, -0.2) is 32.1 Å². The van der Waals surface area contributed by atoms with Crippen LogP contribution in [0.1, 0.15) is 31.8 Å². The third-order valence-corrected chi connectivity index (χ3v) is 6.56. The minimum Gasteiger partial charge on any atom is -0.267 e. The number of hydrogen-bond acceptors (Lipinski definition) is 5. The third kappa shape index (κ3) is 3.33. The highest BCUT2D eigenvalue weighted by atomic mass is 32.2. The molecule has 10 heteroatoms. The van der Waals surface area contributed by atoms with E-state index in [1.165, 1.54) is 18.2 Å². The highest BCUT2D eigenvalue weighted by Crippen LogP contribution is 2.39. The number of nitrogens with zero attached hydrogens (tertiary/aromatic N) is 2. The number of rotatable bonds is 2. The second-order valence-electron chi connectivity index (χ2n) is 7.21. The van der Waals surface area contributed by atoms with Gasteiger partial charge in [0.25, 0.3) is 17.7 Å². The fourth-order valence-electron chi connectivity index (χ4n) is 3.85. The molecule has 0 radical (unpaired) electrons. The fraction of sp³-hybridized carbons (Fsp3) is 0.0435. The van der Waals surface area contributed by atoms with Crippen LogP contribution in [0.3, 0.4) is 0 Å². The maximum absolute atomic E-state index is 13.4. The second kappa shape index (κ2) is 7.53. The van der Waals surface area contributed by atoms with Crippen molar-refractivity contribution >= 4 is 62.9 Å². The average molecular weight is 484 g/mol. The second-order valence-corrected chi connectivity index (χ2v) is 8.89. The molecule has 0 saturated carbocycles. The van der Waals surface area contributed by atoms with Gasteiger partial charge in [-0.25, -0.2) is 0 Å². The molecule has 2 aliphatic heterocycles. The monoisotopic (exact) mass is 484 g/mol. The number of thioether (sulfide) groups is 1.